The highest BCUT2D eigenvalue weighted by Crippen LogP contribution is 2.43. The number of ether oxygens (including phenoxy) is 2. The van der Waals surface area contributed by atoms with E-state index in [9.17, 15) is 19.0 Å². The zero-order valence-corrected chi connectivity index (χ0v) is 56.7. The fourth-order valence-electron chi connectivity index (χ4n) is 10.8. The van der Waals surface area contributed by atoms with Crippen molar-refractivity contribution in [3.05, 3.63) is 72.9 Å². The molecule has 0 radical (unpaired) electrons. The van der Waals surface area contributed by atoms with E-state index in [1.54, 1.807) is 0 Å². The van der Waals surface area contributed by atoms with Crippen molar-refractivity contribution in [1.82, 2.24) is 0 Å². The summed E-state index contributed by atoms with van der Waals surface area (Å²) < 4.78 is 33.2. The Morgan fingerprint density at radius 2 is 0.647 bits per heavy atom. The van der Waals surface area contributed by atoms with Gasteiger partial charge in [0, 0.05) is 19.4 Å². The Hall–Kier alpha value is -2.55. The van der Waals surface area contributed by atoms with E-state index in [2.05, 4.69) is 86.8 Å². The van der Waals surface area contributed by atoms with Gasteiger partial charge in [0.1, 0.15) is 6.61 Å². The second kappa shape index (κ2) is 70.5. The zero-order valence-electron chi connectivity index (χ0n) is 55.8. The summed E-state index contributed by atoms with van der Waals surface area (Å²) in [5.41, 5.74) is 5.40. The molecule has 0 heterocycles. The van der Waals surface area contributed by atoms with E-state index >= 15 is 0 Å². The van der Waals surface area contributed by atoms with Crippen LogP contribution in [0.15, 0.2) is 72.9 Å². The molecule has 0 spiro atoms. The quantitative estimate of drug-likeness (QED) is 0.0264. The summed E-state index contributed by atoms with van der Waals surface area (Å²) in [7, 11) is -4.40. The van der Waals surface area contributed by atoms with Crippen molar-refractivity contribution < 1.29 is 37.6 Å². The van der Waals surface area contributed by atoms with Crippen LogP contribution >= 0.6 is 7.82 Å². The number of nitrogens with two attached hydrogens (primary N) is 1. The Morgan fingerprint density at radius 1 is 0.365 bits per heavy atom. The molecule has 9 nitrogen and oxygen atoms in total. The van der Waals surface area contributed by atoms with Gasteiger partial charge in [-0.1, -0.05) is 356 Å². The number of hydrogen-bond acceptors (Lipinski definition) is 8. The lowest BCUT2D eigenvalue weighted by molar-refractivity contribution is -0.161. The third-order valence-electron chi connectivity index (χ3n) is 16.1. The van der Waals surface area contributed by atoms with Gasteiger partial charge in [0.2, 0.25) is 0 Å². The molecule has 0 saturated carbocycles. The fourth-order valence-corrected chi connectivity index (χ4v) is 11.5. The SMILES string of the molecule is CC/C=C\C/C=C\C/C=C\C/C=C\C/C=C\C/C=C\CCCCCCCCCCC(=O)OC(COC(=O)CCCCCCCCCCCCCCCCCCCCCCCCCCCCCCCCCCCCCCC)COP(=O)(O)OCCN. The minimum absolute atomic E-state index is 0.0504. The van der Waals surface area contributed by atoms with Crippen LogP contribution in [-0.4, -0.2) is 49.3 Å². The van der Waals surface area contributed by atoms with Crippen molar-refractivity contribution in [2.24, 2.45) is 5.73 Å². The van der Waals surface area contributed by atoms with Gasteiger partial charge >= 0.3 is 19.8 Å². The smallest absolute Gasteiger partial charge is 0.462 e. The van der Waals surface area contributed by atoms with Gasteiger partial charge in [0.05, 0.1) is 13.2 Å². The summed E-state index contributed by atoms with van der Waals surface area (Å²) in [6.45, 7) is 3.67. The van der Waals surface area contributed by atoms with Crippen molar-refractivity contribution in [1.29, 1.82) is 0 Å². The van der Waals surface area contributed by atoms with Crippen LogP contribution in [0.3, 0.4) is 0 Å². The maximum atomic E-state index is 12.8. The Labute approximate surface area is 526 Å². The summed E-state index contributed by atoms with van der Waals surface area (Å²) in [6.07, 6.45) is 93.1. The third kappa shape index (κ3) is 70.4. The molecule has 0 rings (SSSR count). The molecule has 0 aliphatic carbocycles. The monoisotopic (exact) mass is 1210 g/mol. The summed E-state index contributed by atoms with van der Waals surface area (Å²) in [4.78, 5) is 35.4. The van der Waals surface area contributed by atoms with Gasteiger partial charge in [-0.05, 0) is 64.2 Å². The third-order valence-corrected chi connectivity index (χ3v) is 17.1. The first kappa shape index (κ1) is 82.5. The molecule has 0 aliphatic heterocycles. The van der Waals surface area contributed by atoms with E-state index in [4.69, 9.17) is 24.3 Å². The number of carbonyl (C=O) groups is 2. The minimum Gasteiger partial charge on any atom is -0.462 e. The van der Waals surface area contributed by atoms with Crippen LogP contribution in [0.25, 0.3) is 0 Å². The molecule has 3 N–H and O–H groups in total. The van der Waals surface area contributed by atoms with E-state index in [-0.39, 0.29) is 38.6 Å². The number of carbonyl (C=O) groups excluding carboxylic acids is 2. The molecule has 0 aromatic heterocycles. The average molecular weight is 1210 g/mol. The Kier molecular flexibility index (Phi) is 68.4. The second-order valence-electron chi connectivity index (χ2n) is 24.4. The highest BCUT2D eigenvalue weighted by molar-refractivity contribution is 7.47. The van der Waals surface area contributed by atoms with Gasteiger partial charge in [0.25, 0.3) is 0 Å². The van der Waals surface area contributed by atoms with Crippen molar-refractivity contribution in [2.45, 2.75) is 367 Å². The average Bonchev–Trinajstić information content (AvgIpc) is 3.53. The van der Waals surface area contributed by atoms with Gasteiger partial charge < -0.3 is 20.1 Å². The first-order chi connectivity index (χ1) is 41.8. The number of phosphoric ester groups is 1. The molecule has 0 amide bonds. The van der Waals surface area contributed by atoms with Gasteiger partial charge in [0.15, 0.2) is 6.10 Å². The van der Waals surface area contributed by atoms with E-state index < -0.39 is 26.5 Å². The molecule has 10 heteroatoms. The highest BCUT2D eigenvalue weighted by atomic mass is 31.2. The molecule has 496 valence electrons. The molecule has 0 fully saturated rings. The molecule has 85 heavy (non-hydrogen) atoms. The molecule has 0 aliphatic rings. The number of rotatable bonds is 69. The minimum atomic E-state index is -4.40. The summed E-state index contributed by atoms with van der Waals surface area (Å²) in [5, 5.41) is 0. The topological polar surface area (TPSA) is 134 Å². The summed E-state index contributed by atoms with van der Waals surface area (Å²) >= 11 is 0. The van der Waals surface area contributed by atoms with Crippen LogP contribution in [0.1, 0.15) is 361 Å². The summed E-state index contributed by atoms with van der Waals surface area (Å²) in [5.74, 6) is -0.825. The molecule has 0 saturated heterocycles. The zero-order chi connectivity index (χ0) is 61.6. The molecule has 2 atom stereocenters. The van der Waals surface area contributed by atoms with Crippen molar-refractivity contribution in [3.8, 4) is 0 Å². The number of hydrogen-bond donors (Lipinski definition) is 2. The van der Waals surface area contributed by atoms with Gasteiger partial charge in [-0.3, -0.25) is 18.6 Å². The van der Waals surface area contributed by atoms with Gasteiger partial charge in [-0.2, -0.15) is 0 Å². The maximum Gasteiger partial charge on any atom is 0.472 e. The van der Waals surface area contributed by atoms with Gasteiger partial charge in [-0.15, -0.1) is 0 Å². The van der Waals surface area contributed by atoms with E-state index in [1.807, 2.05) is 0 Å². The molecule has 0 aromatic rings. The van der Waals surface area contributed by atoms with Crippen molar-refractivity contribution >= 4 is 19.8 Å². The molecule has 0 bridgehead atoms. The Balaban J connectivity index is 3.82. The summed E-state index contributed by atoms with van der Waals surface area (Å²) in [6, 6.07) is 0. The standard InChI is InChI=1S/C75H138NO8P/c1-3-5-7-9-11-13-15-17-19-21-23-25-27-29-31-32-33-34-35-36-37-38-39-40-42-43-45-47-49-51-53-55-57-59-61-63-65-67-74(77)81-71-73(72-83-85(79,80)82-70-69-76)84-75(78)68-66-64-62-60-58-56-54-52-50-48-46-44-41-30-28-26-24-22-20-18-16-14-12-10-8-6-4-2/h6,8,12,14,18,20,24,26,30,41,46,48,73H,3-5,7,9-11,13,15-17,19,21-23,25,27-29,31-40,42-45,47,49-72,76H2,1-2H3,(H,79,80)/b8-6-,14-12-,20-18-,26-24-,41-30-,48-46-. The van der Waals surface area contributed by atoms with Crippen molar-refractivity contribution in [3.63, 3.8) is 0 Å². The van der Waals surface area contributed by atoms with Crippen LogP contribution in [0, 0.1) is 0 Å². The van der Waals surface area contributed by atoms with E-state index in [0.29, 0.717) is 6.42 Å². The highest BCUT2D eigenvalue weighted by Gasteiger charge is 2.26. The number of allylic oxidation sites excluding steroid dienone is 12. The van der Waals surface area contributed by atoms with Crippen LogP contribution in [-0.2, 0) is 32.7 Å². The Morgan fingerprint density at radius 3 is 0.965 bits per heavy atom. The maximum absolute atomic E-state index is 12.8. The van der Waals surface area contributed by atoms with E-state index in [0.717, 1.165) is 83.5 Å². The lowest BCUT2D eigenvalue weighted by atomic mass is 10.0. The van der Waals surface area contributed by atoms with Crippen LogP contribution < -0.4 is 5.73 Å². The first-order valence-corrected chi connectivity index (χ1v) is 37.9. The largest absolute Gasteiger partial charge is 0.472 e. The second-order valence-corrected chi connectivity index (χ2v) is 25.9. The normalized spacial score (nSPS) is 13.3. The number of phosphoric acid groups is 1. The molecular weight excluding hydrogens is 1070 g/mol. The van der Waals surface area contributed by atoms with Crippen LogP contribution in [0.5, 0.6) is 0 Å². The Bertz CT molecular complexity index is 1620. The van der Waals surface area contributed by atoms with Crippen LogP contribution in [0.2, 0.25) is 0 Å². The molecular formula is C75H138NO8P. The number of unbranched alkanes of at least 4 members (excludes halogenated alkanes) is 44. The van der Waals surface area contributed by atoms with Gasteiger partial charge in [-0.25, -0.2) is 4.57 Å². The lowest BCUT2D eigenvalue weighted by Crippen LogP contribution is -2.29. The lowest BCUT2D eigenvalue weighted by Gasteiger charge is -2.19. The fraction of sp³-hybridized carbons (Fsp3) is 0.813. The predicted octanol–water partition coefficient (Wildman–Crippen LogP) is 24.0. The predicted molar refractivity (Wildman–Crippen MR) is 367 cm³/mol. The molecule has 2 unspecified atom stereocenters. The molecule has 0 aromatic carbocycles. The number of esters is 2. The van der Waals surface area contributed by atoms with E-state index in [1.165, 1.54) is 244 Å². The van der Waals surface area contributed by atoms with Crippen LogP contribution in [0.4, 0.5) is 0 Å². The van der Waals surface area contributed by atoms with Crippen molar-refractivity contribution in [2.75, 3.05) is 26.4 Å². The first-order valence-electron chi connectivity index (χ1n) is 36.4.